The van der Waals surface area contributed by atoms with Gasteiger partial charge in [0.15, 0.2) is 0 Å². The lowest BCUT2D eigenvalue weighted by atomic mass is 9.84. The molecule has 2 aliphatic rings. The molecule has 0 radical (unpaired) electrons. The maximum Gasteiger partial charge on any atom is 0.139 e. The fraction of sp³-hybridized carbons (Fsp3) is 0.750. The van der Waals surface area contributed by atoms with Gasteiger partial charge in [-0.1, -0.05) is 5.57 Å². The number of rotatable bonds is 3. The van der Waals surface area contributed by atoms with Crippen LogP contribution in [0.25, 0.3) is 0 Å². The molecule has 0 unspecified atom stereocenters. The average molecular weight is 178 g/mol. The Morgan fingerprint density at radius 2 is 2.31 bits per heavy atom. The molecule has 2 rings (SSSR count). The number of fused-ring (bicyclic) bond motifs is 1. The molecule has 0 aromatic heterocycles. The van der Waals surface area contributed by atoms with Crippen LogP contribution in [0.4, 0.5) is 0 Å². The highest BCUT2D eigenvalue weighted by molar-refractivity contribution is 5.86. The zero-order chi connectivity index (χ0) is 9.42. The third kappa shape index (κ3) is 1.84. The third-order valence-corrected chi connectivity index (χ3v) is 3.50. The molecule has 2 saturated carbocycles. The Bertz CT molecular complexity index is 242. The van der Waals surface area contributed by atoms with Crippen molar-refractivity contribution in [2.24, 2.45) is 17.8 Å². The number of Topliss-reactive ketones (excluding diaryl/α,β-unsaturated/α-hetero) is 1. The van der Waals surface area contributed by atoms with Crippen molar-refractivity contribution in [1.29, 1.82) is 0 Å². The van der Waals surface area contributed by atoms with Crippen LogP contribution in [0.2, 0.25) is 0 Å². The average Bonchev–Trinajstić information content (AvgIpc) is 2.82. The molecule has 2 aliphatic carbocycles. The minimum absolute atomic E-state index is 0.375. The first kappa shape index (κ1) is 8.98. The van der Waals surface area contributed by atoms with E-state index in [0.29, 0.717) is 17.6 Å². The van der Waals surface area contributed by atoms with Crippen molar-refractivity contribution in [2.75, 3.05) is 0 Å². The van der Waals surface area contributed by atoms with Crippen LogP contribution >= 0.6 is 0 Å². The highest BCUT2D eigenvalue weighted by Crippen LogP contribution is 2.50. The second-order valence-electron chi connectivity index (χ2n) is 4.77. The molecule has 72 valence electrons. The summed E-state index contributed by atoms with van der Waals surface area (Å²) in [5.41, 5.74) is 1.21. The quantitative estimate of drug-likeness (QED) is 0.607. The third-order valence-electron chi connectivity index (χ3n) is 3.50. The van der Waals surface area contributed by atoms with Crippen molar-refractivity contribution in [1.82, 2.24) is 0 Å². The Morgan fingerprint density at radius 1 is 1.54 bits per heavy atom. The Hall–Kier alpha value is -0.590. The van der Waals surface area contributed by atoms with Crippen LogP contribution in [0.1, 0.15) is 39.0 Å². The summed E-state index contributed by atoms with van der Waals surface area (Å²) >= 11 is 0. The minimum Gasteiger partial charge on any atom is -0.299 e. The molecule has 0 amide bonds. The fourth-order valence-corrected chi connectivity index (χ4v) is 2.48. The summed E-state index contributed by atoms with van der Waals surface area (Å²) in [6.45, 7) is 5.93. The molecule has 0 N–H and O–H groups in total. The van der Waals surface area contributed by atoms with Crippen molar-refractivity contribution in [2.45, 2.75) is 39.0 Å². The molecule has 1 nitrogen and oxygen atoms in total. The van der Waals surface area contributed by atoms with Crippen molar-refractivity contribution < 1.29 is 4.79 Å². The summed E-state index contributed by atoms with van der Waals surface area (Å²) in [5.74, 6) is 2.20. The monoisotopic (exact) mass is 178 g/mol. The summed E-state index contributed by atoms with van der Waals surface area (Å²) in [6.07, 6.45) is 5.73. The molecule has 3 atom stereocenters. The normalized spacial score (nSPS) is 37.0. The zero-order valence-corrected chi connectivity index (χ0v) is 8.38. The van der Waals surface area contributed by atoms with Gasteiger partial charge < -0.3 is 0 Å². The first-order valence-corrected chi connectivity index (χ1v) is 5.36. The van der Waals surface area contributed by atoms with E-state index in [-0.39, 0.29) is 0 Å². The summed E-state index contributed by atoms with van der Waals surface area (Å²) in [6, 6.07) is 0. The van der Waals surface area contributed by atoms with E-state index in [1.165, 1.54) is 18.4 Å². The molecule has 0 saturated heterocycles. The van der Waals surface area contributed by atoms with Crippen molar-refractivity contribution in [3.05, 3.63) is 12.2 Å². The van der Waals surface area contributed by atoms with Gasteiger partial charge >= 0.3 is 0 Å². The number of carbonyl (C=O) groups excluding carboxylic acids is 1. The summed E-state index contributed by atoms with van der Waals surface area (Å²) < 4.78 is 0. The van der Waals surface area contributed by atoms with Crippen LogP contribution in [0.15, 0.2) is 12.2 Å². The van der Waals surface area contributed by atoms with Gasteiger partial charge in [-0.3, -0.25) is 4.79 Å². The standard InChI is InChI=1S/C12H18O/c1-8(2)3-4-9-5-6-10-7-11(10)12(9)13/h9-11H,1,3-7H2,2H3/t9-,10-,11+/m1/s1. The Kier molecular flexibility index (Phi) is 2.27. The number of hydrogen-bond acceptors (Lipinski definition) is 1. The predicted molar refractivity (Wildman–Crippen MR) is 53.4 cm³/mol. The Labute approximate surface area is 80.2 Å². The van der Waals surface area contributed by atoms with Crippen LogP contribution in [-0.2, 0) is 4.79 Å². The van der Waals surface area contributed by atoms with E-state index in [0.717, 1.165) is 25.2 Å². The van der Waals surface area contributed by atoms with Crippen LogP contribution in [0.3, 0.4) is 0 Å². The van der Waals surface area contributed by atoms with Gasteiger partial charge in [0.05, 0.1) is 0 Å². The molecule has 2 fully saturated rings. The van der Waals surface area contributed by atoms with Crippen LogP contribution < -0.4 is 0 Å². The maximum atomic E-state index is 11.7. The molecule has 0 aromatic carbocycles. The first-order chi connectivity index (χ1) is 6.18. The molecule has 0 spiro atoms. The number of hydrogen-bond donors (Lipinski definition) is 0. The van der Waals surface area contributed by atoms with Crippen LogP contribution in [0, 0.1) is 17.8 Å². The van der Waals surface area contributed by atoms with E-state index in [4.69, 9.17) is 0 Å². The topological polar surface area (TPSA) is 17.1 Å². The van der Waals surface area contributed by atoms with Gasteiger partial charge in [-0.2, -0.15) is 0 Å². The van der Waals surface area contributed by atoms with Crippen LogP contribution in [-0.4, -0.2) is 5.78 Å². The molecular weight excluding hydrogens is 160 g/mol. The van der Waals surface area contributed by atoms with Gasteiger partial charge in [-0.15, -0.1) is 6.58 Å². The molecular formula is C12H18O. The van der Waals surface area contributed by atoms with Gasteiger partial charge in [0.2, 0.25) is 0 Å². The molecule has 0 heterocycles. The largest absolute Gasteiger partial charge is 0.299 e. The van der Waals surface area contributed by atoms with Gasteiger partial charge in [-0.05, 0) is 44.9 Å². The number of carbonyl (C=O) groups is 1. The van der Waals surface area contributed by atoms with E-state index in [9.17, 15) is 4.79 Å². The smallest absolute Gasteiger partial charge is 0.139 e. The van der Waals surface area contributed by atoms with Crippen molar-refractivity contribution in [3.63, 3.8) is 0 Å². The van der Waals surface area contributed by atoms with Crippen molar-refractivity contribution in [3.8, 4) is 0 Å². The predicted octanol–water partition coefficient (Wildman–Crippen LogP) is 2.96. The van der Waals surface area contributed by atoms with Crippen LogP contribution in [0.5, 0.6) is 0 Å². The van der Waals surface area contributed by atoms with E-state index < -0.39 is 0 Å². The molecule has 1 heteroatoms. The maximum absolute atomic E-state index is 11.7. The molecule has 0 aromatic rings. The molecule has 0 bridgehead atoms. The lowest BCUT2D eigenvalue weighted by molar-refractivity contribution is -0.126. The van der Waals surface area contributed by atoms with Gasteiger partial charge in [0.1, 0.15) is 5.78 Å². The SMILES string of the molecule is C=C(C)CC[C@@H]1CC[C@@H]2C[C@@H]2C1=O. The van der Waals surface area contributed by atoms with E-state index in [1.54, 1.807) is 0 Å². The van der Waals surface area contributed by atoms with Gasteiger partial charge in [0.25, 0.3) is 0 Å². The molecule has 0 aliphatic heterocycles. The lowest BCUT2D eigenvalue weighted by Crippen LogP contribution is -2.21. The second kappa shape index (κ2) is 3.28. The first-order valence-electron chi connectivity index (χ1n) is 5.36. The fourth-order valence-electron chi connectivity index (χ4n) is 2.48. The highest BCUT2D eigenvalue weighted by Gasteiger charge is 2.48. The second-order valence-corrected chi connectivity index (χ2v) is 4.77. The minimum atomic E-state index is 0.375. The van der Waals surface area contributed by atoms with E-state index in [1.807, 2.05) is 6.92 Å². The summed E-state index contributed by atoms with van der Waals surface area (Å²) in [5, 5.41) is 0. The number of allylic oxidation sites excluding steroid dienone is 1. The van der Waals surface area contributed by atoms with E-state index in [2.05, 4.69) is 6.58 Å². The van der Waals surface area contributed by atoms with E-state index >= 15 is 0 Å². The van der Waals surface area contributed by atoms with Crippen molar-refractivity contribution >= 4 is 5.78 Å². The highest BCUT2D eigenvalue weighted by atomic mass is 16.1. The number of ketones is 1. The Balaban J connectivity index is 1.85. The molecule has 13 heavy (non-hydrogen) atoms. The summed E-state index contributed by atoms with van der Waals surface area (Å²) in [7, 11) is 0. The summed E-state index contributed by atoms with van der Waals surface area (Å²) in [4.78, 5) is 11.7. The zero-order valence-electron chi connectivity index (χ0n) is 8.38. The van der Waals surface area contributed by atoms with Gasteiger partial charge in [-0.25, -0.2) is 0 Å². The lowest BCUT2D eigenvalue weighted by Gasteiger charge is -2.19. The Morgan fingerprint density at radius 3 is 3.00 bits per heavy atom. The van der Waals surface area contributed by atoms with Gasteiger partial charge in [0, 0.05) is 11.8 Å².